The molecule has 8 heteroatoms. The lowest BCUT2D eigenvalue weighted by Crippen LogP contribution is -2.14. The molecule has 0 saturated heterocycles. The van der Waals surface area contributed by atoms with Crippen molar-refractivity contribution in [2.45, 2.75) is 6.92 Å². The van der Waals surface area contributed by atoms with Gasteiger partial charge >= 0.3 is 5.97 Å². The molecule has 0 fully saturated rings. The number of carboxylic acid groups (broad SMARTS) is 1. The van der Waals surface area contributed by atoms with Gasteiger partial charge in [0.1, 0.15) is 9.90 Å². The number of aromatic nitrogens is 1. The average molecular weight is 331 g/mol. The standard InChI is InChI=1S/C12H8Cl2N2O3S/c1-5-2-3-6(12(18)19)7(4-5)15-11(17)9-8(13)10(14)16-20-9/h2-4H,1H3,(H,15,17)(H,18,19). The number of hydrogen-bond donors (Lipinski definition) is 2. The molecule has 0 bridgehead atoms. The Kier molecular flexibility index (Phi) is 4.27. The maximum atomic E-state index is 12.1. The predicted octanol–water partition coefficient (Wildman–Crippen LogP) is 3.71. The molecule has 1 amide bonds. The summed E-state index contributed by atoms with van der Waals surface area (Å²) in [4.78, 5) is 23.3. The van der Waals surface area contributed by atoms with Crippen LogP contribution in [0.25, 0.3) is 0 Å². The molecule has 1 heterocycles. The van der Waals surface area contributed by atoms with Crippen LogP contribution in [0, 0.1) is 6.92 Å². The van der Waals surface area contributed by atoms with Gasteiger partial charge in [-0.3, -0.25) is 4.79 Å². The van der Waals surface area contributed by atoms with Crippen LogP contribution in [0.2, 0.25) is 10.2 Å². The van der Waals surface area contributed by atoms with Crippen molar-refractivity contribution in [2.75, 3.05) is 5.32 Å². The van der Waals surface area contributed by atoms with Crippen LogP contribution in [0.5, 0.6) is 0 Å². The summed E-state index contributed by atoms with van der Waals surface area (Å²) in [5.74, 6) is -1.68. The van der Waals surface area contributed by atoms with Crippen LogP contribution in [0.4, 0.5) is 5.69 Å². The molecule has 0 aliphatic heterocycles. The summed E-state index contributed by atoms with van der Waals surface area (Å²) in [6.45, 7) is 1.79. The predicted molar refractivity (Wildman–Crippen MR) is 78.2 cm³/mol. The Labute approximate surface area is 128 Å². The lowest BCUT2D eigenvalue weighted by molar-refractivity contribution is 0.0698. The number of benzene rings is 1. The zero-order valence-electron chi connectivity index (χ0n) is 10.1. The van der Waals surface area contributed by atoms with E-state index >= 15 is 0 Å². The van der Waals surface area contributed by atoms with Crippen LogP contribution < -0.4 is 5.32 Å². The molecule has 20 heavy (non-hydrogen) atoms. The second kappa shape index (κ2) is 5.78. The Morgan fingerprint density at radius 2 is 2.05 bits per heavy atom. The SMILES string of the molecule is Cc1ccc(C(=O)O)c(NC(=O)c2snc(Cl)c2Cl)c1. The van der Waals surface area contributed by atoms with Crippen molar-refractivity contribution < 1.29 is 14.7 Å². The van der Waals surface area contributed by atoms with Crippen molar-refractivity contribution in [3.8, 4) is 0 Å². The van der Waals surface area contributed by atoms with E-state index in [2.05, 4.69) is 9.69 Å². The van der Waals surface area contributed by atoms with Crippen molar-refractivity contribution >= 4 is 52.3 Å². The number of amides is 1. The van der Waals surface area contributed by atoms with Crippen molar-refractivity contribution in [1.82, 2.24) is 4.37 Å². The molecule has 0 radical (unpaired) electrons. The van der Waals surface area contributed by atoms with Crippen molar-refractivity contribution in [3.63, 3.8) is 0 Å². The maximum absolute atomic E-state index is 12.1. The topological polar surface area (TPSA) is 79.3 Å². The van der Waals surface area contributed by atoms with E-state index in [-0.39, 0.29) is 26.3 Å². The minimum atomic E-state index is -1.13. The fraction of sp³-hybridized carbons (Fsp3) is 0.0833. The molecule has 0 aliphatic carbocycles. The molecular formula is C12H8Cl2N2O3S. The highest BCUT2D eigenvalue weighted by Gasteiger charge is 2.19. The number of aromatic carboxylic acids is 1. The molecule has 104 valence electrons. The Balaban J connectivity index is 2.35. The highest BCUT2D eigenvalue weighted by atomic mass is 35.5. The van der Waals surface area contributed by atoms with Crippen LogP contribution in [-0.2, 0) is 0 Å². The Morgan fingerprint density at radius 1 is 1.35 bits per heavy atom. The van der Waals surface area contributed by atoms with Crippen molar-refractivity contribution in [3.05, 3.63) is 44.4 Å². The van der Waals surface area contributed by atoms with Gasteiger partial charge in [-0.15, -0.1) is 0 Å². The average Bonchev–Trinajstić information content (AvgIpc) is 2.69. The molecule has 1 aromatic carbocycles. The van der Waals surface area contributed by atoms with Gasteiger partial charge in [0.2, 0.25) is 0 Å². The first-order valence-electron chi connectivity index (χ1n) is 5.36. The normalized spacial score (nSPS) is 10.3. The molecule has 0 aliphatic rings. The third-order valence-corrected chi connectivity index (χ3v) is 4.25. The van der Waals surface area contributed by atoms with E-state index in [1.807, 2.05) is 0 Å². The number of aryl methyl sites for hydroxylation is 1. The van der Waals surface area contributed by atoms with Gasteiger partial charge < -0.3 is 10.4 Å². The van der Waals surface area contributed by atoms with Crippen molar-refractivity contribution in [2.24, 2.45) is 0 Å². The molecule has 0 spiro atoms. The van der Waals surface area contributed by atoms with Crippen LogP contribution in [-0.4, -0.2) is 21.4 Å². The summed E-state index contributed by atoms with van der Waals surface area (Å²) in [5.41, 5.74) is 1.01. The van der Waals surface area contributed by atoms with E-state index in [1.165, 1.54) is 6.07 Å². The zero-order chi connectivity index (χ0) is 14.9. The number of anilines is 1. The quantitative estimate of drug-likeness (QED) is 0.899. The lowest BCUT2D eigenvalue weighted by atomic mass is 10.1. The van der Waals surface area contributed by atoms with E-state index in [0.29, 0.717) is 0 Å². The molecule has 5 nitrogen and oxygen atoms in total. The van der Waals surface area contributed by atoms with Gasteiger partial charge in [-0.2, -0.15) is 4.37 Å². The zero-order valence-corrected chi connectivity index (χ0v) is 12.4. The summed E-state index contributed by atoms with van der Waals surface area (Å²) in [5, 5.41) is 11.7. The summed E-state index contributed by atoms with van der Waals surface area (Å²) in [7, 11) is 0. The van der Waals surface area contributed by atoms with Gasteiger partial charge in [0.25, 0.3) is 5.91 Å². The maximum Gasteiger partial charge on any atom is 0.337 e. The largest absolute Gasteiger partial charge is 0.478 e. The number of halogens is 2. The molecule has 1 aromatic heterocycles. The first-order chi connectivity index (χ1) is 9.40. The molecule has 0 unspecified atom stereocenters. The lowest BCUT2D eigenvalue weighted by Gasteiger charge is -2.08. The first kappa shape index (κ1) is 14.8. The number of rotatable bonds is 3. The second-order valence-electron chi connectivity index (χ2n) is 3.92. The summed E-state index contributed by atoms with van der Waals surface area (Å²) < 4.78 is 3.75. The highest BCUT2D eigenvalue weighted by Crippen LogP contribution is 2.29. The van der Waals surface area contributed by atoms with E-state index in [9.17, 15) is 9.59 Å². The Morgan fingerprint density at radius 3 is 2.60 bits per heavy atom. The van der Waals surface area contributed by atoms with Gasteiger partial charge in [0.05, 0.1) is 11.3 Å². The number of hydrogen-bond acceptors (Lipinski definition) is 4. The molecule has 2 rings (SSSR count). The van der Waals surface area contributed by atoms with E-state index in [0.717, 1.165) is 17.1 Å². The molecule has 2 aromatic rings. The third kappa shape index (κ3) is 2.92. The van der Waals surface area contributed by atoms with E-state index in [1.54, 1.807) is 19.1 Å². The Hall–Kier alpha value is -1.63. The van der Waals surface area contributed by atoms with Gasteiger partial charge in [-0.25, -0.2) is 4.79 Å². The number of carboxylic acids is 1. The minimum Gasteiger partial charge on any atom is -0.478 e. The van der Waals surface area contributed by atoms with Crippen LogP contribution in [0.3, 0.4) is 0 Å². The number of nitrogens with one attached hydrogen (secondary N) is 1. The summed E-state index contributed by atoms with van der Waals surface area (Å²) in [6, 6.07) is 4.64. The second-order valence-corrected chi connectivity index (χ2v) is 5.43. The number of carbonyl (C=O) groups excluding carboxylic acids is 1. The molecule has 2 N–H and O–H groups in total. The van der Waals surface area contributed by atoms with Gasteiger partial charge in [0, 0.05) is 0 Å². The fourth-order valence-electron chi connectivity index (χ4n) is 1.53. The first-order valence-corrected chi connectivity index (χ1v) is 6.89. The van der Waals surface area contributed by atoms with Crippen LogP contribution in [0.15, 0.2) is 18.2 Å². The number of carbonyl (C=O) groups is 2. The summed E-state index contributed by atoms with van der Waals surface area (Å²) in [6.07, 6.45) is 0. The van der Waals surface area contributed by atoms with Crippen LogP contribution >= 0.6 is 34.7 Å². The number of nitrogens with zero attached hydrogens (tertiary/aromatic N) is 1. The third-order valence-electron chi connectivity index (χ3n) is 2.46. The smallest absolute Gasteiger partial charge is 0.337 e. The summed E-state index contributed by atoms with van der Waals surface area (Å²) >= 11 is 12.4. The highest BCUT2D eigenvalue weighted by molar-refractivity contribution is 7.09. The molecular weight excluding hydrogens is 323 g/mol. The Bertz CT molecular complexity index is 700. The van der Waals surface area contributed by atoms with Gasteiger partial charge in [-0.1, -0.05) is 29.3 Å². The van der Waals surface area contributed by atoms with Gasteiger partial charge in [-0.05, 0) is 36.2 Å². The van der Waals surface area contributed by atoms with Crippen molar-refractivity contribution in [1.29, 1.82) is 0 Å². The molecule has 0 saturated carbocycles. The van der Waals surface area contributed by atoms with E-state index in [4.69, 9.17) is 28.3 Å². The fourth-order valence-corrected chi connectivity index (χ4v) is 2.64. The monoisotopic (exact) mass is 330 g/mol. The molecule has 0 atom stereocenters. The van der Waals surface area contributed by atoms with Crippen LogP contribution in [0.1, 0.15) is 25.6 Å². The van der Waals surface area contributed by atoms with Gasteiger partial charge in [0.15, 0.2) is 5.15 Å². The minimum absolute atomic E-state index is 0.00400. The van der Waals surface area contributed by atoms with E-state index < -0.39 is 11.9 Å².